The molecule has 1 aromatic heterocycles. The van der Waals surface area contributed by atoms with Gasteiger partial charge in [0.1, 0.15) is 11.5 Å². The fraction of sp³-hybridized carbons (Fsp3) is 0. The molecule has 1 aliphatic rings. The normalized spacial score (nSPS) is 11.8. The van der Waals surface area contributed by atoms with Crippen molar-refractivity contribution in [3.8, 4) is 67.7 Å². The molecule has 0 atom stereocenters. The van der Waals surface area contributed by atoms with E-state index in [2.05, 4.69) is 146 Å². The second-order valence-electron chi connectivity index (χ2n) is 12.5. The van der Waals surface area contributed by atoms with Crippen LogP contribution in [0.4, 0.5) is 0 Å². The molecule has 0 unspecified atom stereocenters. The van der Waals surface area contributed by atoms with Crippen LogP contribution < -0.4 is 4.74 Å². The maximum absolute atomic E-state index is 6.84. The van der Waals surface area contributed by atoms with Gasteiger partial charge in [-0.25, -0.2) is 9.97 Å². The van der Waals surface area contributed by atoms with Gasteiger partial charge in [0.05, 0.1) is 11.4 Å². The summed E-state index contributed by atoms with van der Waals surface area (Å²) < 4.78 is 6.84. The lowest BCUT2D eigenvalue weighted by Crippen LogP contribution is -2.00. The second kappa shape index (κ2) is 11.0. The van der Waals surface area contributed by atoms with Crippen LogP contribution >= 0.6 is 0 Å². The fourth-order valence-electron chi connectivity index (χ4n) is 7.32. The number of rotatable bonds is 5. The molecule has 8 aromatic carbocycles. The summed E-state index contributed by atoms with van der Waals surface area (Å²) in [5.74, 6) is 2.38. The first-order valence-corrected chi connectivity index (χ1v) is 16.6. The first kappa shape index (κ1) is 27.5. The van der Waals surface area contributed by atoms with Gasteiger partial charge in [0.2, 0.25) is 0 Å². The first-order valence-electron chi connectivity index (χ1n) is 16.6. The van der Waals surface area contributed by atoms with Crippen LogP contribution in [0.3, 0.4) is 0 Å². The molecule has 0 aliphatic carbocycles. The van der Waals surface area contributed by atoms with Gasteiger partial charge in [-0.3, -0.25) is 0 Å². The van der Waals surface area contributed by atoms with Gasteiger partial charge >= 0.3 is 0 Å². The molecule has 0 radical (unpaired) electrons. The average Bonchev–Trinajstić information content (AvgIpc) is 3.18. The van der Waals surface area contributed by atoms with Crippen molar-refractivity contribution in [2.45, 2.75) is 0 Å². The Morgan fingerprint density at radius 1 is 0.347 bits per heavy atom. The largest absolute Gasteiger partial charge is 0.455 e. The summed E-state index contributed by atoms with van der Waals surface area (Å²) in [4.78, 5) is 10.4. The zero-order valence-electron chi connectivity index (χ0n) is 26.5. The van der Waals surface area contributed by atoms with Crippen molar-refractivity contribution in [2.24, 2.45) is 0 Å². The van der Waals surface area contributed by atoms with E-state index in [9.17, 15) is 0 Å². The quantitative estimate of drug-likeness (QED) is 0.179. The van der Waals surface area contributed by atoms with E-state index in [0.717, 1.165) is 66.9 Å². The van der Waals surface area contributed by atoms with Crippen LogP contribution in [0, 0.1) is 0 Å². The van der Waals surface area contributed by atoms with Crippen molar-refractivity contribution in [1.82, 2.24) is 9.97 Å². The summed E-state index contributed by atoms with van der Waals surface area (Å²) in [6, 6.07) is 59.5. The highest BCUT2D eigenvalue weighted by atomic mass is 16.5. The zero-order chi connectivity index (χ0) is 32.3. The van der Waals surface area contributed by atoms with E-state index in [1.165, 1.54) is 27.3 Å². The number of benzene rings is 8. The van der Waals surface area contributed by atoms with Crippen molar-refractivity contribution in [3.05, 3.63) is 170 Å². The minimum absolute atomic E-state index is 0.672. The first-order chi connectivity index (χ1) is 24.3. The van der Waals surface area contributed by atoms with E-state index in [0.29, 0.717) is 5.82 Å². The maximum atomic E-state index is 6.84. The van der Waals surface area contributed by atoms with Crippen molar-refractivity contribution in [1.29, 1.82) is 0 Å². The molecule has 10 rings (SSSR count). The highest BCUT2D eigenvalue weighted by Crippen LogP contribution is 2.50. The molecular formula is C46H28N2O. The van der Waals surface area contributed by atoms with E-state index in [-0.39, 0.29) is 0 Å². The topological polar surface area (TPSA) is 35.0 Å². The van der Waals surface area contributed by atoms with Gasteiger partial charge in [-0.1, -0.05) is 152 Å². The molecule has 0 spiro atoms. The van der Waals surface area contributed by atoms with E-state index in [1.54, 1.807) is 0 Å². The van der Waals surface area contributed by atoms with Crippen molar-refractivity contribution < 1.29 is 4.74 Å². The van der Waals surface area contributed by atoms with Crippen LogP contribution in [0.15, 0.2) is 170 Å². The number of nitrogens with zero attached hydrogens (tertiary/aromatic N) is 2. The van der Waals surface area contributed by atoms with Gasteiger partial charge < -0.3 is 4.74 Å². The van der Waals surface area contributed by atoms with Crippen LogP contribution in [-0.2, 0) is 0 Å². The molecular weight excluding hydrogens is 597 g/mol. The van der Waals surface area contributed by atoms with Gasteiger partial charge in [0.25, 0.3) is 0 Å². The average molecular weight is 625 g/mol. The van der Waals surface area contributed by atoms with E-state index in [4.69, 9.17) is 14.7 Å². The minimum atomic E-state index is 0.672. The van der Waals surface area contributed by atoms with Gasteiger partial charge in [-0.05, 0) is 56.6 Å². The molecule has 0 saturated heterocycles. The molecule has 1 aliphatic heterocycles. The van der Waals surface area contributed by atoms with Crippen LogP contribution in [0.5, 0.6) is 11.5 Å². The summed E-state index contributed by atoms with van der Waals surface area (Å²) in [5, 5.41) is 7.05. The molecule has 0 bridgehead atoms. The summed E-state index contributed by atoms with van der Waals surface area (Å²) >= 11 is 0. The SMILES string of the molecule is c1ccc(-c2ccc(-c3ccccc3-c3cc(-c4ccc5ccc6ccc7cccc8c7c6c5c4O8)nc(-c4ccccc4)n3)cc2)cc1. The molecule has 49 heavy (non-hydrogen) atoms. The Morgan fingerprint density at radius 3 is 1.63 bits per heavy atom. The van der Waals surface area contributed by atoms with E-state index < -0.39 is 0 Å². The Morgan fingerprint density at radius 2 is 0.898 bits per heavy atom. The predicted molar refractivity (Wildman–Crippen MR) is 202 cm³/mol. The lowest BCUT2D eigenvalue weighted by atomic mass is 9.91. The molecule has 228 valence electrons. The van der Waals surface area contributed by atoms with Crippen LogP contribution in [-0.4, -0.2) is 9.97 Å². The molecule has 9 aromatic rings. The molecule has 3 nitrogen and oxygen atoms in total. The zero-order valence-corrected chi connectivity index (χ0v) is 26.5. The Kier molecular flexibility index (Phi) is 6.18. The van der Waals surface area contributed by atoms with Gasteiger partial charge in [0, 0.05) is 32.8 Å². The molecule has 0 fully saturated rings. The molecule has 0 saturated carbocycles. The highest BCUT2D eigenvalue weighted by molar-refractivity contribution is 6.26. The minimum Gasteiger partial charge on any atom is -0.455 e. The van der Waals surface area contributed by atoms with E-state index >= 15 is 0 Å². The van der Waals surface area contributed by atoms with E-state index in [1.807, 2.05) is 24.3 Å². The Hall–Kier alpha value is -6.58. The summed E-state index contributed by atoms with van der Waals surface area (Å²) in [5.41, 5.74) is 9.26. The van der Waals surface area contributed by atoms with Crippen molar-refractivity contribution >= 4 is 32.3 Å². The van der Waals surface area contributed by atoms with Gasteiger partial charge in [-0.15, -0.1) is 0 Å². The lowest BCUT2D eigenvalue weighted by Gasteiger charge is -2.23. The number of ether oxygens (including phenoxy) is 1. The molecule has 0 amide bonds. The van der Waals surface area contributed by atoms with Gasteiger partial charge in [0.15, 0.2) is 5.82 Å². The Balaban J connectivity index is 1.19. The third-order valence-corrected chi connectivity index (χ3v) is 9.67. The lowest BCUT2D eigenvalue weighted by molar-refractivity contribution is 0.494. The predicted octanol–water partition coefficient (Wildman–Crippen LogP) is 12.4. The number of hydrogen-bond acceptors (Lipinski definition) is 3. The summed E-state index contributed by atoms with van der Waals surface area (Å²) in [7, 11) is 0. The van der Waals surface area contributed by atoms with Crippen molar-refractivity contribution in [3.63, 3.8) is 0 Å². The number of aromatic nitrogens is 2. The standard InChI is InChI=1S/C46H28N2O/c1-3-10-29(11-4-1)30-18-20-31(21-19-30)36-15-7-8-16-37(36)39-28-40(48-46(47-39)35-12-5-2-6-13-35)38-27-26-34-25-24-33-23-22-32-14-9-17-41-42(32)43(33)44(34)45(38)49-41/h1-28H. The molecule has 0 N–H and O–H groups in total. The third kappa shape index (κ3) is 4.51. The number of hydrogen-bond donors (Lipinski definition) is 0. The smallest absolute Gasteiger partial charge is 0.160 e. The van der Waals surface area contributed by atoms with Crippen molar-refractivity contribution in [2.75, 3.05) is 0 Å². The second-order valence-corrected chi connectivity index (χ2v) is 12.5. The Bertz CT molecular complexity index is 2710. The molecule has 3 heteroatoms. The highest BCUT2D eigenvalue weighted by Gasteiger charge is 2.24. The molecule has 2 heterocycles. The Labute approximate surface area is 283 Å². The summed E-state index contributed by atoms with van der Waals surface area (Å²) in [6.45, 7) is 0. The summed E-state index contributed by atoms with van der Waals surface area (Å²) in [6.07, 6.45) is 0. The van der Waals surface area contributed by atoms with Crippen LogP contribution in [0.2, 0.25) is 0 Å². The van der Waals surface area contributed by atoms with Crippen LogP contribution in [0.1, 0.15) is 0 Å². The van der Waals surface area contributed by atoms with Gasteiger partial charge in [-0.2, -0.15) is 0 Å². The third-order valence-electron chi connectivity index (χ3n) is 9.67. The van der Waals surface area contributed by atoms with Crippen LogP contribution in [0.25, 0.3) is 88.5 Å². The fourth-order valence-corrected chi connectivity index (χ4v) is 7.32. The maximum Gasteiger partial charge on any atom is 0.160 e. The monoisotopic (exact) mass is 624 g/mol.